The molecule has 0 aliphatic heterocycles. The zero-order valence-electron chi connectivity index (χ0n) is 15.8. The van der Waals surface area contributed by atoms with Gasteiger partial charge in [-0.05, 0) is 29.8 Å². The molecule has 0 aliphatic rings. The highest BCUT2D eigenvalue weighted by Crippen LogP contribution is 2.22. The van der Waals surface area contributed by atoms with E-state index in [2.05, 4.69) is 16.0 Å². The van der Waals surface area contributed by atoms with Gasteiger partial charge < -0.3 is 9.30 Å². The molecule has 0 fully saturated rings. The van der Waals surface area contributed by atoms with Gasteiger partial charge in [-0.1, -0.05) is 23.7 Å². The molecule has 4 aromatic rings. The summed E-state index contributed by atoms with van der Waals surface area (Å²) >= 11 is 5.96. The minimum absolute atomic E-state index is 0.218. The highest BCUT2D eigenvalue weighted by atomic mass is 35.5. The summed E-state index contributed by atoms with van der Waals surface area (Å²) in [5, 5.41) is 9.82. The second kappa shape index (κ2) is 8.64. The number of rotatable bonds is 6. The Balaban J connectivity index is 1.49. The first-order valence-electron chi connectivity index (χ1n) is 9.07. The molecule has 3 heterocycles. The maximum Gasteiger partial charge on any atom is 0.256 e. The topological polar surface area (TPSA) is 85.7 Å². The van der Waals surface area contributed by atoms with Gasteiger partial charge in [-0.25, -0.2) is 9.97 Å². The van der Waals surface area contributed by atoms with Crippen LogP contribution in [0.1, 0.15) is 16.7 Å². The third-order valence-corrected chi connectivity index (χ3v) is 4.64. The molecule has 0 atom stereocenters. The maximum absolute atomic E-state index is 12.0. The van der Waals surface area contributed by atoms with Crippen LogP contribution in [0.3, 0.4) is 0 Å². The van der Waals surface area contributed by atoms with Crippen molar-refractivity contribution in [3.8, 4) is 17.6 Å². The number of hydrogen-bond acceptors (Lipinski definition) is 5. The van der Waals surface area contributed by atoms with Crippen LogP contribution in [-0.2, 0) is 13.2 Å². The van der Waals surface area contributed by atoms with Crippen molar-refractivity contribution < 1.29 is 4.74 Å². The molecule has 0 unspecified atom stereocenters. The van der Waals surface area contributed by atoms with E-state index in [1.807, 2.05) is 29.0 Å². The van der Waals surface area contributed by atoms with Crippen molar-refractivity contribution in [3.05, 3.63) is 106 Å². The van der Waals surface area contributed by atoms with Crippen LogP contribution in [0.2, 0.25) is 5.02 Å². The van der Waals surface area contributed by atoms with E-state index in [9.17, 15) is 10.1 Å². The average Bonchev–Trinajstić information content (AvgIpc) is 3.27. The van der Waals surface area contributed by atoms with Gasteiger partial charge in [-0.15, -0.1) is 0 Å². The minimum atomic E-state index is -0.218. The van der Waals surface area contributed by atoms with Crippen LogP contribution in [0.4, 0.5) is 0 Å². The van der Waals surface area contributed by atoms with E-state index in [0.29, 0.717) is 28.7 Å². The van der Waals surface area contributed by atoms with Crippen molar-refractivity contribution in [2.24, 2.45) is 0 Å². The third kappa shape index (κ3) is 4.40. The standard InChI is InChI=1S/C22H16ClN5O2/c23-19-4-6-22(29)28(13-19)21-5-2-17(11-26-21)14-30-20-9-16(1-3-18(20)10-24)12-27-8-7-25-15-27/h1-9,11,13,15H,12,14H2. The van der Waals surface area contributed by atoms with E-state index in [1.165, 1.54) is 22.9 Å². The second-order valence-electron chi connectivity index (χ2n) is 6.55. The Bertz CT molecular complexity index is 1260. The van der Waals surface area contributed by atoms with Gasteiger partial charge in [0.25, 0.3) is 5.56 Å². The summed E-state index contributed by atoms with van der Waals surface area (Å²) in [7, 11) is 0. The van der Waals surface area contributed by atoms with Gasteiger partial charge in [0.15, 0.2) is 0 Å². The predicted molar refractivity (Wildman–Crippen MR) is 112 cm³/mol. The van der Waals surface area contributed by atoms with E-state index in [0.717, 1.165) is 11.1 Å². The van der Waals surface area contributed by atoms with E-state index in [4.69, 9.17) is 16.3 Å². The Labute approximate surface area is 177 Å². The fourth-order valence-electron chi connectivity index (χ4n) is 2.91. The number of ether oxygens (including phenoxy) is 1. The van der Waals surface area contributed by atoms with Crippen molar-refractivity contribution >= 4 is 11.6 Å². The summed E-state index contributed by atoms with van der Waals surface area (Å²) in [5.74, 6) is 0.969. The number of nitrogens with zero attached hydrogens (tertiary/aromatic N) is 5. The lowest BCUT2D eigenvalue weighted by atomic mass is 10.1. The molecule has 0 saturated carbocycles. The number of aromatic nitrogens is 4. The SMILES string of the molecule is N#Cc1ccc(Cn2ccnc2)cc1OCc1ccc(-n2cc(Cl)ccc2=O)nc1. The molecular weight excluding hydrogens is 402 g/mol. The second-order valence-corrected chi connectivity index (χ2v) is 6.98. The van der Waals surface area contributed by atoms with Crippen LogP contribution in [0, 0.1) is 11.3 Å². The van der Waals surface area contributed by atoms with Crippen LogP contribution in [0.25, 0.3) is 5.82 Å². The van der Waals surface area contributed by atoms with Gasteiger partial charge in [0.2, 0.25) is 0 Å². The fourth-order valence-corrected chi connectivity index (χ4v) is 3.07. The lowest BCUT2D eigenvalue weighted by molar-refractivity contribution is 0.304. The molecular formula is C22H16ClN5O2. The Morgan fingerprint density at radius 2 is 2.00 bits per heavy atom. The summed E-state index contributed by atoms with van der Waals surface area (Å²) in [6.45, 7) is 0.869. The van der Waals surface area contributed by atoms with Crippen LogP contribution < -0.4 is 10.3 Å². The van der Waals surface area contributed by atoms with Crippen molar-refractivity contribution in [2.75, 3.05) is 0 Å². The van der Waals surface area contributed by atoms with Gasteiger partial charge in [0.05, 0.1) is 16.9 Å². The molecule has 0 saturated heterocycles. The third-order valence-electron chi connectivity index (χ3n) is 4.42. The Morgan fingerprint density at radius 3 is 2.73 bits per heavy atom. The number of nitriles is 1. The minimum Gasteiger partial charge on any atom is -0.487 e. The van der Waals surface area contributed by atoms with E-state index < -0.39 is 0 Å². The normalized spacial score (nSPS) is 10.5. The lowest BCUT2D eigenvalue weighted by Gasteiger charge is -2.11. The van der Waals surface area contributed by atoms with E-state index in [-0.39, 0.29) is 12.2 Å². The molecule has 0 aliphatic carbocycles. The van der Waals surface area contributed by atoms with Crippen molar-refractivity contribution in [1.29, 1.82) is 5.26 Å². The molecule has 0 spiro atoms. The highest BCUT2D eigenvalue weighted by molar-refractivity contribution is 6.30. The summed E-state index contributed by atoms with van der Waals surface area (Å²) in [5.41, 5.74) is 2.04. The van der Waals surface area contributed by atoms with Crippen LogP contribution in [-0.4, -0.2) is 19.1 Å². The molecule has 148 valence electrons. The molecule has 0 N–H and O–H groups in total. The maximum atomic E-state index is 12.0. The van der Waals surface area contributed by atoms with Gasteiger partial charge in [0.1, 0.15) is 24.2 Å². The summed E-state index contributed by atoms with van der Waals surface area (Å²) < 4.78 is 9.20. The van der Waals surface area contributed by atoms with Crippen molar-refractivity contribution in [3.63, 3.8) is 0 Å². The summed E-state index contributed by atoms with van der Waals surface area (Å²) in [4.78, 5) is 20.3. The van der Waals surface area contributed by atoms with E-state index >= 15 is 0 Å². The Kier molecular flexibility index (Phi) is 5.59. The Morgan fingerprint density at radius 1 is 1.13 bits per heavy atom. The largest absolute Gasteiger partial charge is 0.487 e. The number of imidazole rings is 1. The first kappa shape index (κ1) is 19.4. The molecule has 0 amide bonds. The fraction of sp³-hybridized carbons (Fsp3) is 0.0909. The van der Waals surface area contributed by atoms with Crippen molar-refractivity contribution in [1.82, 2.24) is 19.1 Å². The molecule has 30 heavy (non-hydrogen) atoms. The van der Waals surface area contributed by atoms with Crippen molar-refractivity contribution in [2.45, 2.75) is 13.2 Å². The average molecular weight is 418 g/mol. The molecule has 0 radical (unpaired) electrons. The molecule has 3 aromatic heterocycles. The quantitative estimate of drug-likeness (QED) is 0.478. The monoisotopic (exact) mass is 417 g/mol. The van der Waals surface area contributed by atoms with Crippen LogP contribution in [0.5, 0.6) is 5.75 Å². The first-order valence-corrected chi connectivity index (χ1v) is 9.45. The van der Waals surface area contributed by atoms with Gasteiger partial charge >= 0.3 is 0 Å². The zero-order chi connectivity index (χ0) is 20.9. The molecule has 4 rings (SSSR count). The lowest BCUT2D eigenvalue weighted by Crippen LogP contribution is -2.17. The highest BCUT2D eigenvalue weighted by Gasteiger charge is 2.08. The molecule has 0 bridgehead atoms. The number of benzene rings is 1. The van der Waals surface area contributed by atoms with Crippen LogP contribution >= 0.6 is 11.6 Å². The molecule has 8 heteroatoms. The van der Waals surface area contributed by atoms with Gasteiger partial charge in [0, 0.05) is 43.0 Å². The Hall–Kier alpha value is -3.89. The number of pyridine rings is 2. The summed E-state index contributed by atoms with van der Waals surface area (Å²) in [6, 6.07) is 14.1. The van der Waals surface area contributed by atoms with Gasteiger partial charge in [-0.3, -0.25) is 9.36 Å². The van der Waals surface area contributed by atoms with E-state index in [1.54, 1.807) is 30.9 Å². The number of hydrogen-bond donors (Lipinski definition) is 0. The van der Waals surface area contributed by atoms with Crippen LogP contribution in [0.15, 0.2) is 78.4 Å². The first-order chi connectivity index (χ1) is 14.6. The summed E-state index contributed by atoms with van der Waals surface area (Å²) in [6.07, 6.45) is 8.47. The molecule has 7 nitrogen and oxygen atoms in total. The molecule has 1 aromatic carbocycles. The van der Waals surface area contributed by atoms with Gasteiger partial charge in [-0.2, -0.15) is 5.26 Å². The zero-order valence-corrected chi connectivity index (χ0v) is 16.5. The smallest absolute Gasteiger partial charge is 0.256 e. The predicted octanol–water partition coefficient (Wildman–Crippen LogP) is 3.58. The number of halogens is 1.